The number of rotatable bonds is 4. The normalized spacial score (nSPS) is 23.2. The molecule has 1 amide bonds. The summed E-state index contributed by atoms with van der Waals surface area (Å²) in [6.45, 7) is 5.61. The molecule has 3 nitrogen and oxygen atoms in total. The molecule has 1 aromatic rings. The summed E-state index contributed by atoms with van der Waals surface area (Å²) in [6, 6.07) is 6.50. The molecule has 20 heavy (non-hydrogen) atoms. The van der Waals surface area contributed by atoms with Gasteiger partial charge in [0.25, 0.3) is 0 Å². The molecule has 1 aliphatic heterocycles. The molecule has 1 aliphatic carbocycles. The summed E-state index contributed by atoms with van der Waals surface area (Å²) in [7, 11) is 0. The van der Waals surface area contributed by atoms with Crippen molar-refractivity contribution >= 4 is 5.91 Å². The molecule has 1 saturated heterocycles. The molecule has 1 heterocycles. The van der Waals surface area contributed by atoms with E-state index in [4.69, 9.17) is 0 Å². The van der Waals surface area contributed by atoms with Crippen LogP contribution in [-0.4, -0.2) is 23.9 Å². The van der Waals surface area contributed by atoms with E-state index in [9.17, 15) is 4.79 Å². The minimum Gasteiger partial charge on any atom is -0.322 e. The third kappa shape index (κ3) is 2.59. The van der Waals surface area contributed by atoms with Gasteiger partial charge < -0.3 is 4.90 Å². The molecule has 1 N–H and O–H groups in total. The molecule has 2 aliphatic rings. The molecule has 2 fully saturated rings. The maximum Gasteiger partial charge on any atom is 0.238 e. The molecule has 108 valence electrons. The van der Waals surface area contributed by atoms with Gasteiger partial charge in [-0.05, 0) is 37.3 Å². The Morgan fingerprint density at radius 2 is 2.10 bits per heavy atom. The second kappa shape index (κ2) is 5.57. The fourth-order valence-corrected chi connectivity index (χ4v) is 3.23. The van der Waals surface area contributed by atoms with Crippen LogP contribution in [0.3, 0.4) is 0 Å². The second-order valence-electron chi connectivity index (χ2n) is 6.32. The summed E-state index contributed by atoms with van der Waals surface area (Å²) in [4.78, 5) is 14.2. The Kier molecular flexibility index (Phi) is 3.79. The van der Waals surface area contributed by atoms with Gasteiger partial charge in [-0.3, -0.25) is 10.1 Å². The Morgan fingerprint density at radius 1 is 1.30 bits per heavy atom. The summed E-state index contributed by atoms with van der Waals surface area (Å²) >= 11 is 0. The Morgan fingerprint density at radius 3 is 2.80 bits per heavy atom. The van der Waals surface area contributed by atoms with E-state index in [1.165, 1.54) is 36.0 Å². The molecule has 1 saturated carbocycles. The number of carbonyl (C=O) groups is 1. The van der Waals surface area contributed by atoms with E-state index >= 15 is 0 Å². The summed E-state index contributed by atoms with van der Waals surface area (Å²) in [5.41, 5.74) is 3.77. The van der Waals surface area contributed by atoms with Crippen LogP contribution < -0.4 is 5.32 Å². The van der Waals surface area contributed by atoms with Gasteiger partial charge in [0.05, 0.1) is 6.54 Å². The zero-order chi connectivity index (χ0) is 14.1. The molecule has 1 atom stereocenters. The van der Waals surface area contributed by atoms with Crippen molar-refractivity contribution in [1.29, 1.82) is 0 Å². The molecule has 0 radical (unpaired) electrons. The second-order valence-corrected chi connectivity index (χ2v) is 6.32. The van der Waals surface area contributed by atoms with Gasteiger partial charge in [0.2, 0.25) is 5.91 Å². The molecule has 0 aromatic heterocycles. The van der Waals surface area contributed by atoms with Crippen LogP contribution in [0.4, 0.5) is 0 Å². The number of benzene rings is 1. The first-order valence-electron chi connectivity index (χ1n) is 7.75. The first-order chi connectivity index (χ1) is 9.65. The molecular weight excluding hydrogens is 248 g/mol. The Bertz CT molecular complexity index is 508. The summed E-state index contributed by atoms with van der Waals surface area (Å²) < 4.78 is 0. The van der Waals surface area contributed by atoms with Crippen molar-refractivity contribution in [2.45, 2.75) is 45.7 Å². The van der Waals surface area contributed by atoms with E-state index in [2.05, 4.69) is 37.4 Å². The average molecular weight is 272 g/mol. The standard InChI is InChI=1S/C17H24N2O/c1-12-6-7-13(2)15(10-12)17-18-11-16(20)19(17)9-8-14-4-3-5-14/h6-7,10,14,17-18H,3-5,8-9,11H2,1-2H3. The number of amides is 1. The molecular formula is C17H24N2O. The topological polar surface area (TPSA) is 32.3 Å². The molecule has 0 bridgehead atoms. The van der Waals surface area contributed by atoms with Crippen LogP contribution in [0.15, 0.2) is 18.2 Å². The lowest BCUT2D eigenvalue weighted by Crippen LogP contribution is -2.33. The van der Waals surface area contributed by atoms with Gasteiger partial charge in [0.15, 0.2) is 0 Å². The predicted molar refractivity (Wildman–Crippen MR) is 80.3 cm³/mol. The molecule has 3 heteroatoms. The van der Waals surface area contributed by atoms with Crippen molar-refractivity contribution in [2.24, 2.45) is 5.92 Å². The molecule has 1 unspecified atom stereocenters. The Balaban J connectivity index is 1.75. The average Bonchev–Trinajstić information content (AvgIpc) is 2.72. The highest BCUT2D eigenvalue weighted by molar-refractivity contribution is 5.81. The Hall–Kier alpha value is -1.35. The van der Waals surface area contributed by atoms with Gasteiger partial charge in [-0.25, -0.2) is 0 Å². The van der Waals surface area contributed by atoms with Gasteiger partial charge in [0.1, 0.15) is 6.17 Å². The van der Waals surface area contributed by atoms with Crippen molar-refractivity contribution in [2.75, 3.05) is 13.1 Å². The van der Waals surface area contributed by atoms with E-state index in [1.54, 1.807) is 0 Å². The zero-order valence-corrected chi connectivity index (χ0v) is 12.5. The maximum absolute atomic E-state index is 12.1. The fourth-order valence-electron chi connectivity index (χ4n) is 3.23. The third-order valence-electron chi connectivity index (χ3n) is 4.81. The molecule has 0 spiro atoms. The number of carbonyl (C=O) groups excluding carboxylic acids is 1. The number of nitrogens with zero attached hydrogens (tertiary/aromatic N) is 1. The van der Waals surface area contributed by atoms with E-state index in [1.807, 2.05) is 4.90 Å². The fraction of sp³-hybridized carbons (Fsp3) is 0.588. The minimum atomic E-state index is 0.0717. The highest BCUT2D eigenvalue weighted by atomic mass is 16.2. The number of hydrogen-bond donors (Lipinski definition) is 1. The van der Waals surface area contributed by atoms with Gasteiger partial charge in [-0.1, -0.05) is 43.0 Å². The van der Waals surface area contributed by atoms with Gasteiger partial charge >= 0.3 is 0 Å². The number of nitrogens with one attached hydrogen (secondary N) is 1. The minimum absolute atomic E-state index is 0.0717. The van der Waals surface area contributed by atoms with Crippen molar-refractivity contribution in [3.8, 4) is 0 Å². The van der Waals surface area contributed by atoms with Crippen LogP contribution in [0.1, 0.15) is 48.5 Å². The molecule has 3 rings (SSSR count). The van der Waals surface area contributed by atoms with Crippen molar-refractivity contribution in [3.05, 3.63) is 34.9 Å². The lowest BCUT2D eigenvalue weighted by Gasteiger charge is -2.31. The van der Waals surface area contributed by atoms with Crippen LogP contribution >= 0.6 is 0 Å². The molecule has 1 aromatic carbocycles. The van der Waals surface area contributed by atoms with Crippen molar-refractivity contribution < 1.29 is 4.79 Å². The smallest absolute Gasteiger partial charge is 0.238 e. The third-order valence-corrected chi connectivity index (χ3v) is 4.81. The summed E-state index contributed by atoms with van der Waals surface area (Å²) in [5, 5.41) is 3.38. The first-order valence-corrected chi connectivity index (χ1v) is 7.75. The summed E-state index contributed by atoms with van der Waals surface area (Å²) in [6.07, 6.45) is 5.31. The number of aryl methyl sites for hydroxylation is 2. The quantitative estimate of drug-likeness (QED) is 0.914. The summed E-state index contributed by atoms with van der Waals surface area (Å²) in [5.74, 6) is 1.10. The van der Waals surface area contributed by atoms with E-state index < -0.39 is 0 Å². The number of hydrogen-bond acceptors (Lipinski definition) is 2. The monoisotopic (exact) mass is 272 g/mol. The van der Waals surface area contributed by atoms with Crippen LogP contribution in [0, 0.1) is 19.8 Å². The van der Waals surface area contributed by atoms with Crippen molar-refractivity contribution in [1.82, 2.24) is 10.2 Å². The maximum atomic E-state index is 12.1. The van der Waals surface area contributed by atoms with E-state index in [0.717, 1.165) is 18.9 Å². The Labute approximate surface area is 121 Å². The largest absolute Gasteiger partial charge is 0.322 e. The van der Waals surface area contributed by atoms with Gasteiger partial charge in [-0.2, -0.15) is 0 Å². The van der Waals surface area contributed by atoms with Crippen molar-refractivity contribution in [3.63, 3.8) is 0 Å². The highest BCUT2D eigenvalue weighted by Gasteiger charge is 2.33. The van der Waals surface area contributed by atoms with Crippen LogP contribution in [0.2, 0.25) is 0 Å². The SMILES string of the molecule is Cc1ccc(C)c(C2NCC(=O)N2CCC2CCC2)c1. The van der Waals surface area contributed by atoms with E-state index in [-0.39, 0.29) is 12.1 Å². The van der Waals surface area contributed by atoms with Crippen LogP contribution in [-0.2, 0) is 4.79 Å². The van der Waals surface area contributed by atoms with E-state index in [0.29, 0.717) is 6.54 Å². The van der Waals surface area contributed by atoms with Gasteiger partial charge in [0, 0.05) is 6.54 Å². The lowest BCUT2D eigenvalue weighted by molar-refractivity contribution is -0.128. The predicted octanol–water partition coefficient (Wildman–Crippen LogP) is 2.92. The van der Waals surface area contributed by atoms with Gasteiger partial charge in [-0.15, -0.1) is 0 Å². The van der Waals surface area contributed by atoms with Crippen LogP contribution in [0.5, 0.6) is 0 Å². The highest BCUT2D eigenvalue weighted by Crippen LogP contribution is 2.32. The van der Waals surface area contributed by atoms with Crippen LogP contribution in [0.25, 0.3) is 0 Å². The first kappa shape index (κ1) is 13.6. The zero-order valence-electron chi connectivity index (χ0n) is 12.5. The lowest BCUT2D eigenvalue weighted by atomic mass is 9.83.